The Bertz CT molecular complexity index is 890. The first-order valence-electron chi connectivity index (χ1n) is 9.77. The van der Waals surface area contributed by atoms with Gasteiger partial charge in [0.05, 0.1) is 25.9 Å². The molecule has 1 aromatic carbocycles. The van der Waals surface area contributed by atoms with Gasteiger partial charge in [-0.3, -0.25) is 4.90 Å². The lowest BCUT2D eigenvalue weighted by molar-refractivity contribution is -0.193. The third-order valence-corrected chi connectivity index (χ3v) is 4.00. The van der Waals surface area contributed by atoms with Crippen LogP contribution in [-0.4, -0.2) is 88.9 Å². The van der Waals surface area contributed by atoms with Crippen molar-refractivity contribution in [2.75, 3.05) is 33.4 Å². The Labute approximate surface area is 195 Å². The number of carbonyl (C=O) groups is 2. The van der Waals surface area contributed by atoms with Crippen molar-refractivity contribution >= 4 is 11.9 Å². The molecule has 0 radical (unpaired) electrons. The van der Waals surface area contributed by atoms with E-state index in [0.717, 1.165) is 30.2 Å². The van der Waals surface area contributed by atoms with Gasteiger partial charge in [0.15, 0.2) is 0 Å². The van der Waals surface area contributed by atoms with Crippen molar-refractivity contribution in [3.05, 3.63) is 42.2 Å². The molecule has 1 saturated heterocycles. The van der Waals surface area contributed by atoms with E-state index in [1.165, 1.54) is 0 Å². The number of imidazole rings is 1. The van der Waals surface area contributed by atoms with Gasteiger partial charge in [-0.25, -0.2) is 14.6 Å². The summed E-state index contributed by atoms with van der Waals surface area (Å²) in [4.78, 5) is 27.8. The maximum atomic E-state index is 10.6. The Morgan fingerprint density at radius 1 is 1.06 bits per heavy atom. The highest BCUT2D eigenvalue weighted by Gasteiger charge is 2.38. The molecule has 196 valence electrons. The summed E-state index contributed by atoms with van der Waals surface area (Å²) in [6, 6.07) is 10.2. The van der Waals surface area contributed by atoms with Crippen LogP contribution >= 0.6 is 0 Å². The van der Waals surface area contributed by atoms with E-state index in [1.807, 2.05) is 24.4 Å². The number of H-pyrrole nitrogens is 1. The summed E-state index contributed by atoms with van der Waals surface area (Å²) in [6.07, 6.45) is -8.10. The van der Waals surface area contributed by atoms with E-state index in [-0.39, 0.29) is 6.10 Å². The predicted octanol–water partition coefficient (Wildman–Crippen LogP) is 3.19. The van der Waals surface area contributed by atoms with Crippen LogP contribution in [0.1, 0.15) is 5.69 Å². The van der Waals surface area contributed by atoms with Crippen LogP contribution in [0.5, 0.6) is 0 Å². The van der Waals surface area contributed by atoms with Gasteiger partial charge < -0.3 is 24.7 Å². The molecular formula is C20H23F6N3O6. The van der Waals surface area contributed by atoms with Crippen molar-refractivity contribution in [2.24, 2.45) is 0 Å². The van der Waals surface area contributed by atoms with Crippen LogP contribution in [-0.2, 0) is 25.6 Å². The first-order chi connectivity index (χ1) is 16.2. The number of benzene rings is 1. The van der Waals surface area contributed by atoms with Crippen molar-refractivity contribution in [1.82, 2.24) is 14.9 Å². The van der Waals surface area contributed by atoms with E-state index in [1.54, 1.807) is 0 Å². The van der Waals surface area contributed by atoms with Gasteiger partial charge in [-0.1, -0.05) is 30.3 Å². The Kier molecular flexibility index (Phi) is 11.6. The Morgan fingerprint density at radius 3 is 2.06 bits per heavy atom. The second kappa shape index (κ2) is 13.7. The predicted molar refractivity (Wildman–Crippen MR) is 108 cm³/mol. The third-order valence-electron chi connectivity index (χ3n) is 4.00. The Balaban J connectivity index is 0.000000362. The summed E-state index contributed by atoms with van der Waals surface area (Å²) in [5.41, 5.74) is 2.21. The molecule has 9 nitrogen and oxygen atoms in total. The molecule has 0 saturated carbocycles. The fourth-order valence-electron chi connectivity index (χ4n) is 2.53. The first kappa shape index (κ1) is 29.9. The molecule has 0 aliphatic carbocycles. The lowest BCUT2D eigenvalue weighted by Gasteiger charge is -2.27. The molecule has 1 aliphatic heterocycles. The van der Waals surface area contributed by atoms with E-state index in [4.69, 9.17) is 29.3 Å². The summed E-state index contributed by atoms with van der Waals surface area (Å²) >= 11 is 0. The van der Waals surface area contributed by atoms with Crippen molar-refractivity contribution in [3.8, 4) is 11.4 Å². The smallest absolute Gasteiger partial charge is 0.475 e. The van der Waals surface area contributed by atoms with E-state index >= 15 is 0 Å². The minimum absolute atomic E-state index is 0.167. The molecule has 1 aliphatic rings. The van der Waals surface area contributed by atoms with Gasteiger partial charge in [0.2, 0.25) is 0 Å². The van der Waals surface area contributed by atoms with Crippen LogP contribution < -0.4 is 0 Å². The number of aliphatic carboxylic acids is 2. The Hall–Kier alpha value is -3.17. The monoisotopic (exact) mass is 515 g/mol. The quantitative estimate of drug-likeness (QED) is 0.519. The highest BCUT2D eigenvalue weighted by Crippen LogP contribution is 2.16. The van der Waals surface area contributed by atoms with Crippen molar-refractivity contribution < 1.29 is 55.6 Å². The number of carboxylic acids is 2. The molecule has 2 aromatic rings. The minimum atomic E-state index is -5.08. The SMILES string of the molecule is CN(Cc1cnc(-c2ccccc2)[nH]1)CC1COCCO1.O=C(O)C(F)(F)F.O=C(O)C(F)(F)F. The van der Waals surface area contributed by atoms with Gasteiger partial charge in [0.25, 0.3) is 0 Å². The average Bonchev–Trinajstić information content (AvgIpc) is 3.23. The molecule has 0 bridgehead atoms. The number of carboxylic acid groups (broad SMARTS) is 2. The number of hydrogen-bond acceptors (Lipinski definition) is 6. The molecule has 15 heteroatoms. The largest absolute Gasteiger partial charge is 0.490 e. The van der Waals surface area contributed by atoms with Crippen LogP contribution in [0.25, 0.3) is 11.4 Å². The molecular weight excluding hydrogens is 492 g/mol. The molecule has 3 N–H and O–H groups in total. The number of ether oxygens (including phenoxy) is 2. The van der Waals surface area contributed by atoms with E-state index < -0.39 is 24.3 Å². The number of rotatable bonds is 5. The molecule has 1 atom stereocenters. The molecule has 2 heterocycles. The standard InChI is InChI=1S/C16H21N3O2.2C2HF3O2/c1-19(11-15-12-20-7-8-21-15)10-14-9-17-16(18-14)13-5-3-2-4-6-13;2*3-2(4,5)1(6)7/h2-6,9,15H,7-8,10-12H2,1H3,(H,17,18);2*(H,6,7). The number of aromatic nitrogens is 2. The summed E-state index contributed by atoms with van der Waals surface area (Å²) in [7, 11) is 2.08. The Morgan fingerprint density at radius 2 is 1.60 bits per heavy atom. The van der Waals surface area contributed by atoms with Gasteiger partial charge >= 0.3 is 24.3 Å². The molecule has 1 aromatic heterocycles. The highest BCUT2D eigenvalue weighted by molar-refractivity contribution is 5.73. The third kappa shape index (κ3) is 12.2. The van der Waals surface area contributed by atoms with Gasteiger partial charge in [-0.2, -0.15) is 26.3 Å². The molecule has 35 heavy (non-hydrogen) atoms. The van der Waals surface area contributed by atoms with E-state index in [2.05, 4.69) is 34.0 Å². The number of nitrogens with zero attached hydrogens (tertiary/aromatic N) is 2. The van der Waals surface area contributed by atoms with Crippen molar-refractivity contribution in [3.63, 3.8) is 0 Å². The number of alkyl halides is 6. The molecule has 0 spiro atoms. The second-order valence-electron chi connectivity index (χ2n) is 6.99. The second-order valence-corrected chi connectivity index (χ2v) is 6.99. The number of aromatic amines is 1. The maximum absolute atomic E-state index is 10.6. The first-order valence-corrected chi connectivity index (χ1v) is 9.77. The average molecular weight is 515 g/mol. The summed E-state index contributed by atoms with van der Waals surface area (Å²) in [5, 5.41) is 14.2. The number of likely N-dealkylation sites (N-methyl/N-ethyl adjacent to an activating group) is 1. The number of halogens is 6. The minimum Gasteiger partial charge on any atom is -0.475 e. The number of hydrogen-bond donors (Lipinski definition) is 3. The topological polar surface area (TPSA) is 125 Å². The van der Waals surface area contributed by atoms with Crippen LogP contribution in [0, 0.1) is 0 Å². The lowest BCUT2D eigenvalue weighted by Crippen LogP contribution is -2.38. The fourth-order valence-corrected chi connectivity index (χ4v) is 2.53. The van der Waals surface area contributed by atoms with Crippen LogP contribution in [0.2, 0.25) is 0 Å². The van der Waals surface area contributed by atoms with Crippen LogP contribution in [0.4, 0.5) is 26.3 Å². The van der Waals surface area contributed by atoms with Gasteiger partial charge in [0, 0.05) is 30.5 Å². The van der Waals surface area contributed by atoms with Gasteiger partial charge in [-0.15, -0.1) is 0 Å². The fraction of sp³-hybridized carbons (Fsp3) is 0.450. The molecule has 3 rings (SSSR count). The zero-order valence-electron chi connectivity index (χ0n) is 18.3. The van der Waals surface area contributed by atoms with E-state index in [0.29, 0.717) is 19.8 Å². The van der Waals surface area contributed by atoms with E-state index in [9.17, 15) is 26.3 Å². The lowest BCUT2D eigenvalue weighted by atomic mass is 10.2. The molecule has 1 unspecified atom stereocenters. The molecule has 0 amide bonds. The zero-order valence-corrected chi connectivity index (χ0v) is 18.3. The van der Waals surface area contributed by atoms with Crippen LogP contribution in [0.3, 0.4) is 0 Å². The van der Waals surface area contributed by atoms with Crippen molar-refractivity contribution in [2.45, 2.75) is 25.0 Å². The molecule has 1 fully saturated rings. The van der Waals surface area contributed by atoms with Crippen molar-refractivity contribution in [1.29, 1.82) is 0 Å². The summed E-state index contributed by atoms with van der Waals surface area (Å²) in [6.45, 7) is 3.77. The van der Waals surface area contributed by atoms with Gasteiger partial charge in [-0.05, 0) is 7.05 Å². The van der Waals surface area contributed by atoms with Crippen LogP contribution in [0.15, 0.2) is 36.5 Å². The summed E-state index contributed by atoms with van der Waals surface area (Å²) in [5.74, 6) is -4.60. The highest BCUT2D eigenvalue weighted by atomic mass is 19.4. The zero-order chi connectivity index (χ0) is 26.6. The van der Waals surface area contributed by atoms with Gasteiger partial charge in [0.1, 0.15) is 5.82 Å². The summed E-state index contributed by atoms with van der Waals surface area (Å²) < 4.78 is 74.6. The maximum Gasteiger partial charge on any atom is 0.490 e. The number of nitrogens with one attached hydrogen (secondary N) is 1. The normalized spacial score (nSPS) is 15.9.